The van der Waals surface area contributed by atoms with E-state index in [9.17, 15) is 4.79 Å². The summed E-state index contributed by atoms with van der Waals surface area (Å²) in [5, 5.41) is 6.87. The number of benzene rings is 1. The molecule has 0 spiro atoms. The van der Waals surface area contributed by atoms with Crippen molar-refractivity contribution >= 4 is 17.5 Å². The van der Waals surface area contributed by atoms with Gasteiger partial charge in [0.1, 0.15) is 0 Å². The van der Waals surface area contributed by atoms with Crippen molar-refractivity contribution in [3.63, 3.8) is 0 Å². The van der Waals surface area contributed by atoms with Gasteiger partial charge in [-0.15, -0.1) is 0 Å². The number of hydrogen-bond acceptors (Lipinski definition) is 2. The molecule has 1 saturated heterocycles. The summed E-state index contributed by atoms with van der Waals surface area (Å²) in [6.45, 7) is 2.88. The molecule has 1 amide bonds. The van der Waals surface area contributed by atoms with Gasteiger partial charge in [0.15, 0.2) is 0 Å². The molecule has 1 unspecified atom stereocenters. The average molecular weight is 253 g/mol. The van der Waals surface area contributed by atoms with Gasteiger partial charge in [-0.2, -0.15) is 0 Å². The summed E-state index contributed by atoms with van der Waals surface area (Å²) in [4.78, 5) is 11.9. The minimum atomic E-state index is -0.0569. The first-order chi connectivity index (χ1) is 8.18. The standard InChI is InChI=1S/C13H17ClN2O/c1-9(10-5-2-3-6-11(10)14)16-13(17)12-7-4-8-15-12/h2-3,5-6,9,12,15H,4,7-8H2,1H3,(H,16,17)/t9-,12?/m0/s1. The average Bonchev–Trinajstić information content (AvgIpc) is 2.82. The van der Waals surface area contributed by atoms with Crippen LogP contribution in [-0.4, -0.2) is 18.5 Å². The van der Waals surface area contributed by atoms with Crippen LogP contribution in [0, 0.1) is 0 Å². The Hall–Kier alpha value is -1.06. The van der Waals surface area contributed by atoms with Crippen molar-refractivity contribution < 1.29 is 4.79 Å². The van der Waals surface area contributed by atoms with Gasteiger partial charge in [-0.25, -0.2) is 0 Å². The quantitative estimate of drug-likeness (QED) is 0.867. The molecule has 2 N–H and O–H groups in total. The predicted octanol–water partition coefficient (Wildman–Crippen LogP) is 2.27. The minimum Gasteiger partial charge on any atom is -0.348 e. The zero-order chi connectivity index (χ0) is 12.3. The Morgan fingerprint density at radius 3 is 2.94 bits per heavy atom. The zero-order valence-corrected chi connectivity index (χ0v) is 10.6. The van der Waals surface area contributed by atoms with Gasteiger partial charge in [0, 0.05) is 5.02 Å². The van der Waals surface area contributed by atoms with Crippen LogP contribution in [0.4, 0.5) is 0 Å². The molecule has 17 heavy (non-hydrogen) atoms. The van der Waals surface area contributed by atoms with Gasteiger partial charge in [-0.05, 0) is 37.9 Å². The summed E-state index contributed by atoms with van der Waals surface area (Å²) in [6.07, 6.45) is 1.99. The van der Waals surface area contributed by atoms with Gasteiger partial charge >= 0.3 is 0 Å². The molecular weight excluding hydrogens is 236 g/mol. The van der Waals surface area contributed by atoms with Gasteiger partial charge in [0.05, 0.1) is 12.1 Å². The van der Waals surface area contributed by atoms with E-state index in [1.54, 1.807) is 0 Å². The van der Waals surface area contributed by atoms with Crippen molar-refractivity contribution in [1.82, 2.24) is 10.6 Å². The highest BCUT2D eigenvalue weighted by molar-refractivity contribution is 6.31. The second-order valence-electron chi connectivity index (χ2n) is 4.40. The van der Waals surface area contributed by atoms with Gasteiger partial charge in [-0.3, -0.25) is 4.79 Å². The molecule has 1 aliphatic rings. The van der Waals surface area contributed by atoms with E-state index < -0.39 is 0 Å². The van der Waals surface area contributed by atoms with Crippen molar-refractivity contribution in [2.24, 2.45) is 0 Å². The molecule has 1 aliphatic heterocycles. The van der Waals surface area contributed by atoms with Crippen molar-refractivity contribution in [2.45, 2.75) is 31.8 Å². The summed E-state index contributed by atoms with van der Waals surface area (Å²) >= 11 is 6.10. The van der Waals surface area contributed by atoms with E-state index >= 15 is 0 Å². The fraction of sp³-hybridized carbons (Fsp3) is 0.462. The van der Waals surface area contributed by atoms with Crippen LogP contribution >= 0.6 is 11.6 Å². The number of carbonyl (C=O) groups is 1. The maximum Gasteiger partial charge on any atom is 0.237 e. The molecule has 4 heteroatoms. The molecule has 0 saturated carbocycles. The van der Waals surface area contributed by atoms with Crippen LogP contribution < -0.4 is 10.6 Å². The molecule has 1 heterocycles. The zero-order valence-electron chi connectivity index (χ0n) is 9.87. The topological polar surface area (TPSA) is 41.1 Å². The summed E-state index contributed by atoms with van der Waals surface area (Å²) < 4.78 is 0. The lowest BCUT2D eigenvalue weighted by Crippen LogP contribution is -2.41. The van der Waals surface area contributed by atoms with Crippen LogP contribution in [0.15, 0.2) is 24.3 Å². The number of amides is 1. The van der Waals surface area contributed by atoms with Crippen LogP contribution in [-0.2, 0) is 4.79 Å². The SMILES string of the molecule is C[C@H](NC(=O)C1CCCN1)c1ccccc1Cl. The molecule has 1 aromatic carbocycles. The molecule has 1 fully saturated rings. The van der Waals surface area contributed by atoms with Crippen molar-refractivity contribution in [3.05, 3.63) is 34.9 Å². The first-order valence-electron chi connectivity index (χ1n) is 5.96. The van der Waals surface area contributed by atoms with Crippen LogP contribution in [0.1, 0.15) is 31.4 Å². The van der Waals surface area contributed by atoms with Crippen molar-refractivity contribution in [2.75, 3.05) is 6.54 Å². The Bertz CT molecular complexity index is 402. The highest BCUT2D eigenvalue weighted by atomic mass is 35.5. The third-order valence-corrected chi connectivity index (χ3v) is 3.45. The van der Waals surface area contributed by atoms with E-state index in [0.29, 0.717) is 5.02 Å². The van der Waals surface area contributed by atoms with E-state index in [1.165, 1.54) is 0 Å². The number of hydrogen-bond donors (Lipinski definition) is 2. The third-order valence-electron chi connectivity index (χ3n) is 3.11. The smallest absolute Gasteiger partial charge is 0.237 e. The number of nitrogens with one attached hydrogen (secondary N) is 2. The van der Waals surface area contributed by atoms with Crippen molar-refractivity contribution in [3.8, 4) is 0 Å². The molecule has 2 rings (SSSR count). The molecular formula is C13H17ClN2O. The number of halogens is 1. The van der Waals surface area contributed by atoms with Gasteiger partial charge in [0.25, 0.3) is 0 Å². The molecule has 92 valence electrons. The summed E-state index contributed by atoms with van der Waals surface area (Å²) in [6, 6.07) is 7.50. The van der Waals surface area contributed by atoms with Gasteiger partial charge in [0.2, 0.25) is 5.91 Å². The van der Waals surface area contributed by atoms with Crippen molar-refractivity contribution in [1.29, 1.82) is 0 Å². The van der Waals surface area contributed by atoms with Crippen LogP contribution in [0.3, 0.4) is 0 Å². The summed E-state index contributed by atoms with van der Waals surface area (Å²) in [5.41, 5.74) is 0.959. The fourth-order valence-electron chi connectivity index (χ4n) is 2.13. The Morgan fingerprint density at radius 1 is 1.53 bits per heavy atom. The highest BCUT2D eigenvalue weighted by Crippen LogP contribution is 2.22. The number of carbonyl (C=O) groups excluding carboxylic acids is 1. The predicted molar refractivity (Wildman–Crippen MR) is 69.0 cm³/mol. The lowest BCUT2D eigenvalue weighted by atomic mass is 10.1. The van der Waals surface area contributed by atoms with E-state index in [4.69, 9.17) is 11.6 Å². The fourth-order valence-corrected chi connectivity index (χ4v) is 2.43. The maximum absolute atomic E-state index is 11.9. The molecule has 1 aromatic rings. The summed E-state index contributed by atoms with van der Waals surface area (Å²) in [7, 11) is 0. The van der Waals surface area contributed by atoms with E-state index in [0.717, 1.165) is 24.9 Å². The Kier molecular flexibility index (Phi) is 4.02. The lowest BCUT2D eigenvalue weighted by molar-refractivity contribution is -0.123. The van der Waals surface area contributed by atoms with Crippen LogP contribution in [0.2, 0.25) is 5.02 Å². The van der Waals surface area contributed by atoms with E-state index in [-0.39, 0.29) is 18.0 Å². The monoisotopic (exact) mass is 252 g/mol. The van der Waals surface area contributed by atoms with Crippen LogP contribution in [0.5, 0.6) is 0 Å². The minimum absolute atomic E-state index is 0.0417. The number of rotatable bonds is 3. The van der Waals surface area contributed by atoms with Crippen LogP contribution in [0.25, 0.3) is 0 Å². The Morgan fingerprint density at radius 2 is 2.29 bits per heavy atom. The van der Waals surface area contributed by atoms with E-state index in [2.05, 4.69) is 10.6 Å². The maximum atomic E-state index is 11.9. The summed E-state index contributed by atoms with van der Waals surface area (Å²) in [5.74, 6) is 0.0647. The van der Waals surface area contributed by atoms with E-state index in [1.807, 2.05) is 31.2 Å². The Labute approximate surface area is 107 Å². The largest absolute Gasteiger partial charge is 0.348 e. The van der Waals surface area contributed by atoms with Gasteiger partial charge in [-0.1, -0.05) is 29.8 Å². The molecule has 2 atom stereocenters. The highest BCUT2D eigenvalue weighted by Gasteiger charge is 2.23. The molecule has 0 aliphatic carbocycles. The second kappa shape index (κ2) is 5.52. The molecule has 0 bridgehead atoms. The molecule has 3 nitrogen and oxygen atoms in total. The first kappa shape index (κ1) is 12.4. The lowest BCUT2D eigenvalue weighted by Gasteiger charge is -2.18. The third kappa shape index (κ3) is 2.99. The Balaban J connectivity index is 1.99. The first-order valence-corrected chi connectivity index (χ1v) is 6.34. The normalized spacial score (nSPS) is 21.2. The van der Waals surface area contributed by atoms with Gasteiger partial charge < -0.3 is 10.6 Å². The molecule has 0 aromatic heterocycles. The second-order valence-corrected chi connectivity index (χ2v) is 4.81. The molecule has 0 radical (unpaired) electrons.